The van der Waals surface area contributed by atoms with E-state index in [0.717, 1.165) is 24.1 Å². The molecule has 13 heteroatoms. The summed E-state index contributed by atoms with van der Waals surface area (Å²) >= 11 is 0. The van der Waals surface area contributed by atoms with Gasteiger partial charge in [0.15, 0.2) is 5.92 Å². The van der Waals surface area contributed by atoms with Crippen LogP contribution in [0.1, 0.15) is 45.3 Å². The number of hydrogen-bond acceptors (Lipinski definition) is 11. The summed E-state index contributed by atoms with van der Waals surface area (Å²) in [4.78, 5) is 61.1. The Morgan fingerprint density at radius 1 is 0.672 bits per heavy atom. The standard InChI is InChI=1S/C45H44N2O10S/c1-30-21-24-35(25-22-30)58(52,53)47-40(33-19-13-8-14-20-33)36-26-23-34(46(2)3)27-37(36)39(38(41(48)54-4)42(49)55-5)45(47,43(50)56-28-31-15-9-6-10-16-31)44(51)57-29-32-17-11-7-12-18-32/h6-27,38-40H,28-29H2,1-5H3/t39-,40+/m0/s1. The number of rotatable bonds is 13. The molecule has 58 heavy (non-hydrogen) atoms. The first-order chi connectivity index (χ1) is 27.9. The fraction of sp³-hybridized carbons (Fsp3) is 0.244. The number of carbonyl (C=O) groups excluding carboxylic acids is 4. The van der Waals surface area contributed by atoms with Crippen LogP contribution in [0.25, 0.3) is 0 Å². The SMILES string of the molecule is COC(=O)C(C(=O)OC)[C@@H]1c2cc(N(C)C)ccc2[C@@H](c2ccccc2)N(S(=O)(=O)c2ccc(C)cc2)C1(C(=O)OCc1ccccc1)C(=O)OCc1ccccc1. The van der Waals surface area contributed by atoms with Gasteiger partial charge in [0.25, 0.3) is 0 Å². The number of anilines is 1. The molecular formula is C45H44N2O10S. The van der Waals surface area contributed by atoms with Gasteiger partial charge in [0.1, 0.15) is 13.2 Å². The third-order valence-electron chi connectivity index (χ3n) is 10.2. The molecule has 5 aromatic carbocycles. The van der Waals surface area contributed by atoms with Gasteiger partial charge in [-0.3, -0.25) is 9.59 Å². The van der Waals surface area contributed by atoms with Crippen molar-refractivity contribution in [3.05, 3.63) is 167 Å². The quantitative estimate of drug-likeness (QED) is 0.0771. The van der Waals surface area contributed by atoms with Gasteiger partial charge < -0.3 is 23.8 Å². The molecule has 2 atom stereocenters. The minimum Gasteiger partial charge on any atom is -0.468 e. The number of aryl methyl sites for hydroxylation is 1. The summed E-state index contributed by atoms with van der Waals surface area (Å²) in [7, 11) is 0.570. The van der Waals surface area contributed by atoms with Crippen LogP contribution >= 0.6 is 0 Å². The largest absolute Gasteiger partial charge is 0.468 e. The maximum Gasteiger partial charge on any atom is 0.340 e. The Bertz CT molecular complexity index is 2300. The molecule has 1 aliphatic rings. The minimum absolute atomic E-state index is 0.115. The summed E-state index contributed by atoms with van der Waals surface area (Å²) in [6, 6.07) is 35.1. The average Bonchev–Trinajstić information content (AvgIpc) is 3.25. The van der Waals surface area contributed by atoms with Crippen LogP contribution in [-0.4, -0.2) is 70.5 Å². The summed E-state index contributed by atoms with van der Waals surface area (Å²) in [6.07, 6.45) is 0. The number of nitrogens with zero attached hydrogens (tertiary/aromatic N) is 2. The molecule has 300 valence electrons. The number of ether oxygens (including phenoxy) is 4. The zero-order valence-electron chi connectivity index (χ0n) is 32.7. The summed E-state index contributed by atoms with van der Waals surface area (Å²) < 4.78 is 54.8. The molecule has 0 fully saturated rings. The number of carbonyl (C=O) groups is 4. The van der Waals surface area contributed by atoms with E-state index in [1.807, 2.05) is 0 Å². The van der Waals surface area contributed by atoms with E-state index < -0.39 is 70.5 Å². The topological polar surface area (TPSA) is 146 Å². The van der Waals surface area contributed by atoms with Crippen LogP contribution in [0.15, 0.2) is 138 Å². The molecule has 0 spiro atoms. The fourth-order valence-electron chi connectivity index (χ4n) is 7.38. The number of methoxy groups -OCH3 is 2. The first-order valence-electron chi connectivity index (χ1n) is 18.4. The normalized spacial score (nSPS) is 16.1. The summed E-state index contributed by atoms with van der Waals surface area (Å²) in [6.45, 7) is 0.947. The molecule has 0 amide bonds. The van der Waals surface area contributed by atoms with Crippen molar-refractivity contribution in [1.82, 2.24) is 4.31 Å². The van der Waals surface area contributed by atoms with E-state index in [9.17, 15) is 9.59 Å². The molecule has 0 aliphatic carbocycles. The lowest BCUT2D eigenvalue weighted by molar-refractivity contribution is -0.181. The van der Waals surface area contributed by atoms with Gasteiger partial charge in [-0.1, -0.05) is 115 Å². The number of hydrogen-bond donors (Lipinski definition) is 0. The van der Waals surface area contributed by atoms with Crippen LogP contribution in [-0.2, 0) is 61.4 Å². The number of esters is 4. The van der Waals surface area contributed by atoms with E-state index in [1.54, 1.807) is 147 Å². The highest BCUT2D eigenvalue weighted by atomic mass is 32.2. The molecule has 0 bridgehead atoms. The van der Waals surface area contributed by atoms with E-state index in [2.05, 4.69) is 0 Å². The van der Waals surface area contributed by atoms with Crippen molar-refractivity contribution in [2.24, 2.45) is 5.92 Å². The van der Waals surface area contributed by atoms with E-state index in [-0.39, 0.29) is 16.0 Å². The maximum atomic E-state index is 15.8. The highest BCUT2D eigenvalue weighted by Crippen LogP contribution is 2.56. The van der Waals surface area contributed by atoms with Crippen LogP contribution in [0.2, 0.25) is 0 Å². The van der Waals surface area contributed by atoms with Gasteiger partial charge in [-0.25, -0.2) is 18.0 Å². The number of sulfonamides is 1. The molecule has 0 saturated carbocycles. The first kappa shape index (κ1) is 41.3. The van der Waals surface area contributed by atoms with Crippen LogP contribution < -0.4 is 4.90 Å². The lowest BCUT2D eigenvalue weighted by Gasteiger charge is -2.52. The summed E-state index contributed by atoms with van der Waals surface area (Å²) in [5.74, 6) is -9.26. The van der Waals surface area contributed by atoms with E-state index in [1.165, 1.54) is 12.1 Å². The Morgan fingerprint density at radius 3 is 1.62 bits per heavy atom. The van der Waals surface area contributed by atoms with Crippen molar-refractivity contribution in [3.8, 4) is 0 Å². The fourth-order valence-corrected chi connectivity index (χ4v) is 9.24. The van der Waals surface area contributed by atoms with Crippen molar-refractivity contribution < 1.29 is 46.5 Å². The molecule has 0 unspecified atom stereocenters. The molecule has 12 nitrogen and oxygen atoms in total. The zero-order valence-corrected chi connectivity index (χ0v) is 33.5. The molecule has 0 radical (unpaired) electrons. The Kier molecular flexibility index (Phi) is 12.4. The van der Waals surface area contributed by atoms with Gasteiger partial charge in [0.05, 0.1) is 25.2 Å². The Morgan fingerprint density at radius 2 is 1.16 bits per heavy atom. The van der Waals surface area contributed by atoms with Gasteiger partial charge in [0.2, 0.25) is 15.6 Å². The van der Waals surface area contributed by atoms with E-state index >= 15 is 18.0 Å². The highest BCUT2D eigenvalue weighted by Gasteiger charge is 2.72. The second-order valence-electron chi connectivity index (χ2n) is 14.0. The summed E-state index contributed by atoms with van der Waals surface area (Å²) in [5.41, 5.74) is -0.0835. The van der Waals surface area contributed by atoms with Gasteiger partial charge in [0, 0.05) is 25.7 Å². The van der Waals surface area contributed by atoms with Crippen molar-refractivity contribution in [3.63, 3.8) is 0 Å². The first-order valence-corrected chi connectivity index (χ1v) is 19.9. The van der Waals surface area contributed by atoms with Crippen LogP contribution in [0.3, 0.4) is 0 Å². The van der Waals surface area contributed by atoms with Crippen molar-refractivity contribution in [1.29, 1.82) is 0 Å². The van der Waals surface area contributed by atoms with Gasteiger partial charge >= 0.3 is 23.9 Å². The average molecular weight is 805 g/mol. The molecule has 0 aromatic heterocycles. The molecule has 1 aliphatic heterocycles. The van der Waals surface area contributed by atoms with Crippen molar-refractivity contribution in [2.45, 2.75) is 42.5 Å². The molecule has 1 heterocycles. The number of benzene rings is 5. The highest BCUT2D eigenvalue weighted by molar-refractivity contribution is 7.89. The van der Waals surface area contributed by atoms with Gasteiger partial charge in [-0.15, -0.1) is 0 Å². The molecule has 0 saturated heterocycles. The smallest absolute Gasteiger partial charge is 0.340 e. The maximum absolute atomic E-state index is 15.8. The number of fused-ring (bicyclic) bond motifs is 1. The van der Waals surface area contributed by atoms with E-state index in [0.29, 0.717) is 22.4 Å². The van der Waals surface area contributed by atoms with Gasteiger partial charge in [-0.05, 0) is 59.0 Å². The minimum atomic E-state index is -5.02. The van der Waals surface area contributed by atoms with Crippen molar-refractivity contribution >= 4 is 39.6 Å². The molecule has 0 N–H and O–H groups in total. The monoisotopic (exact) mass is 804 g/mol. The van der Waals surface area contributed by atoms with Crippen LogP contribution in [0.5, 0.6) is 0 Å². The van der Waals surface area contributed by atoms with Crippen LogP contribution in [0, 0.1) is 12.8 Å². The molecule has 5 aromatic rings. The second kappa shape index (κ2) is 17.5. The molecule has 6 rings (SSSR count). The third-order valence-corrected chi connectivity index (χ3v) is 12.1. The second-order valence-corrected chi connectivity index (χ2v) is 15.8. The lowest BCUT2D eigenvalue weighted by Crippen LogP contribution is -2.71. The van der Waals surface area contributed by atoms with Gasteiger partial charge in [-0.2, -0.15) is 4.31 Å². The summed E-state index contributed by atoms with van der Waals surface area (Å²) in [5, 5.41) is 0. The third kappa shape index (κ3) is 7.83. The zero-order chi connectivity index (χ0) is 41.6. The molecular weight excluding hydrogens is 761 g/mol. The van der Waals surface area contributed by atoms with Crippen LogP contribution in [0.4, 0.5) is 5.69 Å². The predicted molar refractivity (Wildman–Crippen MR) is 215 cm³/mol. The van der Waals surface area contributed by atoms with Crippen molar-refractivity contribution in [2.75, 3.05) is 33.2 Å². The van der Waals surface area contributed by atoms with E-state index in [4.69, 9.17) is 18.9 Å². The lowest BCUT2D eigenvalue weighted by atomic mass is 9.65. The Hall–Kier alpha value is -6.31. The Labute approximate surface area is 338 Å². The Balaban J connectivity index is 1.80. The predicted octanol–water partition coefficient (Wildman–Crippen LogP) is 6.13.